The number of nitro benzene ring substituents is 1. The van der Waals surface area contributed by atoms with Crippen LogP contribution < -0.4 is 5.32 Å². The third kappa shape index (κ3) is 5.22. The van der Waals surface area contributed by atoms with Crippen LogP contribution >= 0.6 is 0 Å². The van der Waals surface area contributed by atoms with Crippen LogP contribution in [0.2, 0.25) is 0 Å². The molecular weight excluding hydrogens is 282 g/mol. The molecule has 2 rings (SSSR count). The molecule has 2 N–H and O–H groups in total. The van der Waals surface area contributed by atoms with Gasteiger partial charge in [0.2, 0.25) is 0 Å². The van der Waals surface area contributed by atoms with E-state index in [9.17, 15) is 15.2 Å². The fourth-order valence-corrected chi connectivity index (χ4v) is 2.64. The molecule has 1 fully saturated rings. The molecule has 1 aromatic carbocycles. The molecule has 1 heterocycles. The smallest absolute Gasteiger partial charge is 0.276 e. The van der Waals surface area contributed by atoms with E-state index < -0.39 is 0 Å². The average molecular weight is 305 g/mol. The molecule has 1 saturated heterocycles. The number of para-hydroxylation sites is 1. The number of benzene rings is 1. The van der Waals surface area contributed by atoms with Crippen LogP contribution in [0.5, 0.6) is 0 Å². The summed E-state index contributed by atoms with van der Waals surface area (Å²) in [7, 11) is 0. The molecule has 6 nitrogen and oxygen atoms in total. The molecule has 1 atom stereocenters. The van der Waals surface area contributed by atoms with Gasteiger partial charge in [-0.25, -0.2) is 0 Å². The van der Waals surface area contributed by atoms with Crippen LogP contribution in [0.1, 0.15) is 18.4 Å². The van der Waals surface area contributed by atoms with Crippen molar-refractivity contribution in [3.63, 3.8) is 0 Å². The van der Waals surface area contributed by atoms with E-state index in [0.717, 1.165) is 13.1 Å². The first kappa shape index (κ1) is 16.6. The van der Waals surface area contributed by atoms with Crippen LogP contribution in [-0.2, 0) is 0 Å². The molecular formula is C16H23N3O3. The van der Waals surface area contributed by atoms with Crippen molar-refractivity contribution < 1.29 is 10.0 Å². The van der Waals surface area contributed by atoms with Crippen molar-refractivity contribution in [3.8, 4) is 0 Å². The number of nitro groups is 1. The Balaban J connectivity index is 1.70. The minimum Gasteiger partial charge on any atom is -0.390 e. The molecule has 0 aliphatic carbocycles. The van der Waals surface area contributed by atoms with E-state index in [4.69, 9.17) is 0 Å². The Morgan fingerprint density at radius 3 is 2.82 bits per heavy atom. The van der Waals surface area contributed by atoms with E-state index in [-0.39, 0.29) is 16.7 Å². The van der Waals surface area contributed by atoms with Crippen molar-refractivity contribution in [2.45, 2.75) is 18.9 Å². The van der Waals surface area contributed by atoms with Crippen LogP contribution in [0.3, 0.4) is 0 Å². The minimum absolute atomic E-state index is 0.104. The fourth-order valence-electron chi connectivity index (χ4n) is 2.64. The van der Waals surface area contributed by atoms with Gasteiger partial charge in [-0.3, -0.25) is 10.1 Å². The molecule has 0 aromatic heterocycles. The number of likely N-dealkylation sites (tertiary alicyclic amines) is 1. The first-order valence-corrected chi connectivity index (χ1v) is 7.68. The maximum absolute atomic E-state index is 10.9. The predicted octanol–water partition coefficient (Wildman–Crippen LogP) is 1.65. The summed E-state index contributed by atoms with van der Waals surface area (Å²) in [4.78, 5) is 12.8. The number of β-amino-alcohol motifs (C(OH)–C–C–N with tert-alkyl or cyclic N) is 1. The van der Waals surface area contributed by atoms with E-state index >= 15 is 0 Å². The van der Waals surface area contributed by atoms with Crippen molar-refractivity contribution in [3.05, 3.63) is 46.0 Å². The predicted molar refractivity (Wildman–Crippen MR) is 86.7 cm³/mol. The first-order valence-electron chi connectivity index (χ1n) is 7.68. The Kier molecular flexibility index (Phi) is 6.51. The Labute approximate surface area is 130 Å². The van der Waals surface area contributed by atoms with E-state index in [0.29, 0.717) is 25.2 Å². The molecule has 0 bridgehead atoms. The van der Waals surface area contributed by atoms with Crippen LogP contribution in [0.25, 0.3) is 6.08 Å². The van der Waals surface area contributed by atoms with E-state index in [1.807, 2.05) is 6.08 Å². The van der Waals surface area contributed by atoms with Crippen molar-refractivity contribution in [1.29, 1.82) is 0 Å². The highest BCUT2D eigenvalue weighted by molar-refractivity contribution is 5.60. The number of nitrogens with one attached hydrogen (secondary N) is 1. The van der Waals surface area contributed by atoms with Crippen LogP contribution in [-0.4, -0.2) is 53.8 Å². The Hall–Kier alpha value is -1.76. The Morgan fingerprint density at radius 1 is 1.36 bits per heavy atom. The average Bonchev–Trinajstić information content (AvgIpc) is 3.00. The number of aliphatic hydroxyl groups is 1. The van der Waals surface area contributed by atoms with Gasteiger partial charge in [0.05, 0.1) is 16.6 Å². The topological polar surface area (TPSA) is 78.6 Å². The minimum atomic E-state index is -0.382. The van der Waals surface area contributed by atoms with E-state index in [2.05, 4.69) is 10.2 Å². The molecule has 22 heavy (non-hydrogen) atoms. The third-order valence-electron chi connectivity index (χ3n) is 3.74. The Bertz CT molecular complexity index is 513. The molecule has 1 aliphatic heterocycles. The zero-order chi connectivity index (χ0) is 15.8. The van der Waals surface area contributed by atoms with Gasteiger partial charge < -0.3 is 15.3 Å². The van der Waals surface area contributed by atoms with E-state index in [1.165, 1.54) is 18.9 Å². The molecule has 1 aromatic rings. The molecule has 0 saturated carbocycles. The second-order valence-corrected chi connectivity index (χ2v) is 5.54. The molecule has 0 spiro atoms. The van der Waals surface area contributed by atoms with Crippen LogP contribution in [0.15, 0.2) is 30.3 Å². The highest BCUT2D eigenvalue weighted by Gasteiger charge is 2.15. The quantitative estimate of drug-likeness (QED) is 0.434. The van der Waals surface area contributed by atoms with Crippen molar-refractivity contribution in [2.75, 3.05) is 32.7 Å². The molecule has 6 heteroatoms. The summed E-state index contributed by atoms with van der Waals surface area (Å²) in [5, 5.41) is 24.0. The maximum atomic E-state index is 10.9. The normalized spacial score (nSPS) is 17.1. The van der Waals surface area contributed by atoms with Gasteiger partial charge in [0.15, 0.2) is 0 Å². The molecule has 0 radical (unpaired) electrons. The summed E-state index contributed by atoms with van der Waals surface area (Å²) in [6.45, 7) is 3.96. The monoisotopic (exact) mass is 305 g/mol. The summed E-state index contributed by atoms with van der Waals surface area (Å²) in [5.41, 5.74) is 0.694. The molecule has 1 unspecified atom stereocenters. The second kappa shape index (κ2) is 8.63. The zero-order valence-electron chi connectivity index (χ0n) is 12.6. The van der Waals surface area contributed by atoms with Gasteiger partial charge in [-0.15, -0.1) is 0 Å². The van der Waals surface area contributed by atoms with Gasteiger partial charge in [0, 0.05) is 25.7 Å². The largest absolute Gasteiger partial charge is 0.390 e. The van der Waals surface area contributed by atoms with Crippen molar-refractivity contribution >= 4 is 11.8 Å². The van der Waals surface area contributed by atoms with Crippen LogP contribution in [0.4, 0.5) is 5.69 Å². The highest BCUT2D eigenvalue weighted by Crippen LogP contribution is 2.18. The van der Waals surface area contributed by atoms with Gasteiger partial charge >= 0.3 is 0 Å². The number of nitrogens with zero attached hydrogens (tertiary/aromatic N) is 2. The zero-order valence-corrected chi connectivity index (χ0v) is 12.6. The van der Waals surface area contributed by atoms with Gasteiger partial charge in [-0.05, 0) is 32.0 Å². The lowest BCUT2D eigenvalue weighted by Gasteiger charge is -2.19. The SMILES string of the molecule is O=[N+]([O-])c1ccccc1/C=C/CNCC(O)CN1CCCC1. The number of hydrogen-bond acceptors (Lipinski definition) is 5. The summed E-state index contributed by atoms with van der Waals surface area (Å²) in [6.07, 6.45) is 5.64. The lowest BCUT2D eigenvalue weighted by molar-refractivity contribution is -0.385. The lowest BCUT2D eigenvalue weighted by Crippen LogP contribution is -2.37. The summed E-state index contributed by atoms with van der Waals surface area (Å²) in [5.74, 6) is 0. The third-order valence-corrected chi connectivity index (χ3v) is 3.74. The lowest BCUT2D eigenvalue weighted by atomic mass is 10.1. The standard InChI is InChI=1S/C16H23N3O3/c20-15(13-18-10-3-4-11-18)12-17-9-5-7-14-6-1-2-8-16(14)19(21)22/h1-2,5-8,15,17,20H,3-4,9-13H2/b7-5+. The van der Waals surface area contributed by atoms with Gasteiger partial charge in [-0.2, -0.15) is 0 Å². The fraction of sp³-hybridized carbons (Fsp3) is 0.500. The second-order valence-electron chi connectivity index (χ2n) is 5.54. The molecule has 0 amide bonds. The van der Waals surface area contributed by atoms with Crippen LogP contribution in [0, 0.1) is 10.1 Å². The number of aliphatic hydroxyl groups excluding tert-OH is 1. The van der Waals surface area contributed by atoms with Crippen molar-refractivity contribution in [2.24, 2.45) is 0 Å². The number of hydrogen-bond donors (Lipinski definition) is 2. The molecule has 1 aliphatic rings. The van der Waals surface area contributed by atoms with Gasteiger partial charge in [-0.1, -0.05) is 24.3 Å². The van der Waals surface area contributed by atoms with Gasteiger partial charge in [0.1, 0.15) is 0 Å². The van der Waals surface area contributed by atoms with Crippen molar-refractivity contribution in [1.82, 2.24) is 10.2 Å². The highest BCUT2D eigenvalue weighted by atomic mass is 16.6. The summed E-state index contributed by atoms with van der Waals surface area (Å²) in [6, 6.07) is 6.64. The first-order chi connectivity index (χ1) is 10.7. The summed E-state index contributed by atoms with van der Waals surface area (Å²) >= 11 is 0. The van der Waals surface area contributed by atoms with Gasteiger partial charge in [0.25, 0.3) is 5.69 Å². The number of rotatable bonds is 8. The molecule has 120 valence electrons. The Morgan fingerprint density at radius 2 is 2.09 bits per heavy atom. The maximum Gasteiger partial charge on any atom is 0.276 e. The van der Waals surface area contributed by atoms with E-state index in [1.54, 1.807) is 24.3 Å². The summed E-state index contributed by atoms with van der Waals surface area (Å²) < 4.78 is 0.